The molecule has 2 heterocycles. The molecule has 0 radical (unpaired) electrons. The van der Waals surface area contributed by atoms with Gasteiger partial charge in [0.05, 0.1) is 16.4 Å². The Hall–Kier alpha value is -2.27. The van der Waals surface area contributed by atoms with Gasteiger partial charge in [0, 0.05) is 18.5 Å². The van der Waals surface area contributed by atoms with E-state index in [0.717, 1.165) is 11.2 Å². The van der Waals surface area contributed by atoms with Gasteiger partial charge >= 0.3 is 0 Å². The Morgan fingerprint density at radius 1 is 1.32 bits per heavy atom. The Morgan fingerprint density at radius 2 is 2.16 bits per heavy atom. The molecule has 0 atom stereocenters. The Morgan fingerprint density at radius 3 is 2.95 bits per heavy atom. The third-order valence-corrected chi connectivity index (χ3v) is 2.99. The predicted octanol–water partition coefficient (Wildman–Crippen LogP) is 3.07. The lowest BCUT2D eigenvalue weighted by molar-refractivity contribution is 0.465. The highest BCUT2D eigenvalue weighted by molar-refractivity contribution is 6.33. The fourth-order valence-corrected chi connectivity index (χ4v) is 1.95. The number of nitrogens with zero attached hydrogens (tertiary/aromatic N) is 3. The van der Waals surface area contributed by atoms with Gasteiger partial charge in [0.2, 0.25) is 5.88 Å². The number of nitrogens with two attached hydrogens (primary N) is 1. The van der Waals surface area contributed by atoms with E-state index in [2.05, 4.69) is 10.1 Å². The maximum Gasteiger partial charge on any atom is 0.245 e. The molecule has 0 aliphatic heterocycles. The minimum Gasteiger partial charge on any atom is -0.437 e. The number of fused-ring (bicyclic) bond motifs is 1. The van der Waals surface area contributed by atoms with E-state index in [9.17, 15) is 0 Å². The minimum absolute atomic E-state index is 0.453. The molecule has 0 spiro atoms. The van der Waals surface area contributed by atoms with Crippen LogP contribution in [0, 0.1) is 6.92 Å². The van der Waals surface area contributed by atoms with Crippen LogP contribution in [0.2, 0.25) is 5.02 Å². The first-order valence-corrected chi connectivity index (χ1v) is 6.05. The van der Waals surface area contributed by atoms with Crippen LogP contribution in [0.3, 0.4) is 0 Å². The smallest absolute Gasteiger partial charge is 0.245 e. The van der Waals surface area contributed by atoms with Crippen molar-refractivity contribution in [3.63, 3.8) is 0 Å². The number of nitrogen functional groups attached to an aromatic ring is 1. The highest BCUT2D eigenvalue weighted by Crippen LogP contribution is 2.29. The number of ether oxygens (including phenoxy) is 1. The summed E-state index contributed by atoms with van der Waals surface area (Å²) in [5, 5.41) is 4.75. The number of aryl methyl sites for hydroxylation is 1. The second-order valence-corrected chi connectivity index (χ2v) is 4.54. The van der Waals surface area contributed by atoms with Crippen molar-refractivity contribution in [1.29, 1.82) is 0 Å². The lowest BCUT2D eigenvalue weighted by atomic mass is 10.3. The summed E-state index contributed by atoms with van der Waals surface area (Å²) < 4.78 is 7.45. The highest BCUT2D eigenvalue weighted by Gasteiger charge is 2.08. The van der Waals surface area contributed by atoms with Crippen molar-refractivity contribution in [3.05, 3.63) is 47.4 Å². The number of halogens is 1. The Bertz CT molecular complexity index is 753. The second-order valence-electron chi connectivity index (χ2n) is 4.13. The molecule has 1 aromatic carbocycles. The Kier molecular flexibility index (Phi) is 2.76. The lowest BCUT2D eigenvalue weighted by Crippen LogP contribution is -1.94. The maximum atomic E-state index is 5.96. The van der Waals surface area contributed by atoms with Crippen molar-refractivity contribution < 1.29 is 4.74 Å². The van der Waals surface area contributed by atoms with Crippen molar-refractivity contribution in [2.24, 2.45) is 0 Å². The first-order chi connectivity index (χ1) is 9.13. The largest absolute Gasteiger partial charge is 0.437 e. The molecule has 0 unspecified atom stereocenters. The van der Waals surface area contributed by atoms with Crippen LogP contribution < -0.4 is 10.5 Å². The highest BCUT2D eigenvalue weighted by atomic mass is 35.5. The molecule has 2 N–H and O–H groups in total. The molecule has 0 aliphatic rings. The summed E-state index contributed by atoms with van der Waals surface area (Å²) in [6.07, 6.45) is 3.40. The van der Waals surface area contributed by atoms with Gasteiger partial charge < -0.3 is 10.5 Å². The molecule has 0 saturated heterocycles. The van der Waals surface area contributed by atoms with Crippen molar-refractivity contribution in [2.45, 2.75) is 6.92 Å². The van der Waals surface area contributed by atoms with E-state index in [0.29, 0.717) is 22.3 Å². The summed E-state index contributed by atoms with van der Waals surface area (Å²) in [4.78, 5) is 4.21. The van der Waals surface area contributed by atoms with Gasteiger partial charge in [-0.05, 0) is 25.1 Å². The topological polar surface area (TPSA) is 65.4 Å². The average molecular weight is 275 g/mol. The third-order valence-electron chi connectivity index (χ3n) is 2.66. The van der Waals surface area contributed by atoms with Gasteiger partial charge in [-0.1, -0.05) is 11.6 Å². The van der Waals surface area contributed by atoms with E-state index in [1.165, 1.54) is 0 Å². The number of aromatic nitrogens is 3. The standard InChI is InChI=1S/C13H11ClN4O/c1-8-6-12-13(16-4-5-18(12)17-8)19-9-2-3-11(15)10(14)7-9/h2-7H,15H2,1H3. The zero-order valence-electron chi connectivity index (χ0n) is 10.2. The van der Waals surface area contributed by atoms with Crippen LogP contribution in [0.25, 0.3) is 5.52 Å². The number of benzene rings is 1. The lowest BCUT2D eigenvalue weighted by Gasteiger charge is -2.07. The van der Waals surface area contributed by atoms with Crippen molar-refractivity contribution in [1.82, 2.24) is 14.6 Å². The molecule has 19 heavy (non-hydrogen) atoms. The van der Waals surface area contributed by atoms with Crippen LogP contribution in [0.5, 0.6) is 11.6 Å². The quantitative estimate of drug-likeness (QED) is 0.730. The molecule has 0 amide bonds. The fourth-order valence-electron chi connectivity index (χ4n) is 1.78. The number of anilines is 1. The van der Waals surface area contributed by atoms with Crippen LogP contribution in [0.1, 0.15) is 5.69 Å². The molecular formula is C13H11ClN4O. The van der Waals surface area contributed by atoms with Crippen molar-refractivity contribution >= 4 is 22.8 Å². The molecule has 3 aromatic rings. The molecule has 6 heteroatoms. The Balaban J connectivity index is 2.02. The van der Waals surface area contributed by atoms with E-state index >= 15 is 0 Å². The molecule has 0 saturated carbocycles. The molecular weight excluding hydrogens is 264 g/mol. The van der Waals surface area contributed by atoms with E-state index < -0.39 is 0 Å². The van der Waals surface area contributed by atoms with E-state index in [-0.39, 0.29) is 0 Å². The summed E-state index contributed by atoms with van der Waals surface area (Å²) in [7, 11) is 0. The van der Waals surface area contributed by atoms with E-state index in [1.807, 2.05) is 13.0 Å². The summed E-state index contributed by atoms with van der Waals surface area (Å²) in [6, 6.07) is 7.00. The molecule has 96 valence electrons. The number of hydrogen-bond acceptors (Lipinski definition) is 4. The van der Waals surface area contributed by atoms with Gasteiger partial charge in [0.1, 0.15) is 11.3 Å². The normalized spacial score (nSPS) is 10.8. The van der Waals surface area contributed by atoms with Crippen molar-refractivity contribution in [3.8, 4) is 11.6 Å². The van der Waals surface area contributed by atoms with Crippen LogP contribution in [0.4, 0.5) is 5.69 Å². The van der Waals surface area contributed by atoms with Gasteiger partial charge in [-0.3, -0.25) is 0 Å². The van der Waals surface area contributed by atoms with Crippen LogP contribution in [0.15, 0.2) is 36.7 Å². The molecule has 2 aromatic heterocycles. The van der Waals surface area contributed by atoms with Gasteiger partial charge in [-0.15, -0.1) is 0 Å². The molecule has 0 bridgehead atoms. The summed E-state index contributed by atoms with van der Waals surface area (Å²) in [6.45, 7) is 1.91. The first kappa shape index (κ1) is 11.8. The minimum atomic E-state index is 0.453. The maximum absolute atomic E-state index is 5.96. The summed E-state index contributed by atoms with van der Waals surface area (Å²) >= 11 is 5.96. The number of rotatable bonds is 2. The third kappa shape index (κ3) is 2.20. The zero-order valence-corrected chi connectivity index (χ0v) is 10.9. The molecule has 0 fully saturated rings. The summed E-state index contributed by atoms with van der Waals surface area (Å²) in [5.41, 5.74) is 7.87. The van der Waals surface area contributed by atoms with Crippen LogP contribution in [-0.4, -0.2) is 14.6 Å². The van der Waals surface area contributed by atoms with Gasteiger partial charge in [0.15, 0.2) is 0 Å². The fraction of sp³-hybridized carbons (Fsp3) is 0.0769. The number of hydrogen-bond donors (Lipinski definition) is 1. The van der Waals surface area contributed by atoms with E-state index in [4.69, 9.17) is 22.1 Å². The first-order valence-electron chi connectivity index (χ1n) is 5.67. The van der Waals surface area contributed by atoms with Gasteiger partial charge in [-0.2, -0.15) is 5.10 Å². The van der Waals surface area contributed by atoms with Crippen LogP contribution >= 0.6 is 11.6 Å². The molecule has 5 nitrogen and oxygen atoms in total. The average Bonchev–Trinajstić information content (AvgIpc) is 2.75. The Labute approximate surface area is 114 Å². The predicted molar refractivity (Wildman–Crippen MR) is 73.7 cm³/mol. The molecule has 3 rings (SSSR count). The molecule has 0 aliphatic carbocycles. The van der Waals surface area contributed by atoms with Gasteiger partial charge in [-0.25, -0.2) is 9.50 Å². The second kappa shape index (κ2) is 4.44. The monoisotopic (exact) mass is 274 g/mol. The van der Waals surface area contributed by atoms with Crippen molar-refractivity contribution in [2.75, 3.05) is 5.73 Å². The summed E-state index contributed by atoms with van der Waals surface area (Å²) in [5.74, 6) is 1.06. The van der Waals surface area contributed by atoms with Crippen LogP contribution in [-0.2, 0) is 0 Å². The SMILES string of the molecule is Cc1cc2c(Oc3ccc(N)c(Cl)c3)nccn2n1. The van der Waals surface area contributed by atoms with E-state index in [1.54, 1.807) is 35.1 Å². The zero-order chi connectivity index (χ0) is 13.4. The van der Waals surface area contributed by atoms with Gasteiger partial charge in [0.25, 0.3) is 0 Å².